The minimum absolute atomic E-state index is 0.366. The Balaban J connectivity index is 1.88. The maximum absolute atomic E-state index is 5.67. The first-order valence-electron chi connectivity index (χ1n) is 6.66. The van der Waals surface area contributed by atoms with Gasteiger partial charge in [0.1, 0.15) is 0 Å². The molecule has 0 aliphatic carbocycles. The molecular weight excluding hydrogens is 212 g/mol. The van der Waals surface area contributed by atoms with Crippen molar-refractivity contribution in [3.8, 4) is 0 Å². The Kier molecular flexibility index (Phi) is 4.95. The van der Waals surface area contributed by atoms with Crippen LogP contribution >= 0.6 is 0 Å². The molecule has 3 nitrogen and oxygen atoms in total. The summed E-state index contributed by atoms with van der Waals surface area (Å²) < 4.78 is 5.67. The van der Waals surface area contributed by atoms with Crippen molar-refractivity contribution in [3.05, 3.63) is 30.1 Å². The van der Waals surface area contributed by atoms with E-state index in [1.54, 1.807) is 0 Å². The van der Waals surface area contributed by atoms with E-state index in [2.05, 4.69) is 29.4 Å². The van der Waals surface area contributed by atoms with E-state index in [1.807, 2.05) is 12.3 Å². The number of aromatic nitrogens is 1. The SMILES string of the molecule is CCNC(CCC1CCCO1)c1ccccn1. The van der Waals surface area contributed by atoms with E-state index in [-0.39, 0.29) is 0 Å². The van der Waals surface area contributed by atoms with Crippen LogP contribution in [-0.4, -0.2) is 24.2 Å². The molecule has 0 bridgehead atoms. The second kappa shape index (κ2) is 6.72. The maximum Gasteiger partial charge on any atom is 0.0576 e. The van der Waals surface area contributed by atoms with Crippen LogP contribution in [0.1, 0.15) is 44.3 Å². The van der Waals surface area contributed by atoms with E-state index in [4.69, 9.17) is 4.74 Å². The van der Waals surface area contributed by atoms with Crippen molar-refractivity contribution in [2.45, 2.75) is 44.8 Å². The zero-order chi connectivity index (χ0) is 11.9. The molecule has 0 aromatic carbocycles. The van der Waals surface area contributed by atoms with Crippen LogP contribution in [0.25, 0.3) is 0 Å². The molecule has 1 fully saturated rings. The number of hydrogen-bond acceptors (Lipinski definition) is 3. The summed E-state index contributed by atoms with van der Waals surface area (Å²) in [7, 11) is 0. The number of ether oxygens (including phenoxy) is 1. The molecule has 1 aromatic heterocycles. The van der Waals surface area contributed by atoms with Crippen molar-refractivity contribution in [1.29, 1.82) is 0 Å². The van der Waals surface area contributed by atoms with Crippen LogP contribution in [0, 0.1) is 0 Å². The van der Waals surface area contributed by atoms with Gasteiger partial charge in [-0.15, -0.1) is 0 Å². The summed E-state index contributed by atoms with van der Waals surface area (Å²) in [6.45, 7) is 4.06. The monoisotopic (exact) mass is 234 g/mol. The van der Waals surface area contributed by atoms with Crippen molar-refractivity contribution in [1.82, 2.24) is 10.3 Å². The van der Waals surface area contributed by atoms with Crippen molar-refractivity contribution >= 4 is 0 Å². The summed E-state index contributed by atoms with van der Waals surface area (Å²) in [5.74, 6) is 0. The minimum atomic E-state index is 0.366. The molecular formula is C14H22N2O. The molecule has 2 heterocycles. The lowest BCUT2D eigenvalue weighted by Crippen LogP contribution is -2.23. The predicted molar refractivity (Wildman–Crippen MR) is 68.9 cm³/mol. The first-order chi connectivity index (χ1) is 8.40. The Morgan fingerprint density at radius 1 is 1.53 bits per heavy atom. The zero-order valence-electron chi connectivity index (χ0n) is 10.6. The highest BCUT2D eigenvalue weighted by Gasteiger charge is 2.18. The molecule has 1 N–H and O–H groups in total. The summed E-state index contributed by atoms with van der Waals surface area (Å²) in [5.41, 5.74) is 1.15. The summed E-state index contributed by atoms with van der Waals surface area (Å²) in [6.07, 6.45) is 7.02. The highest BCUT2D eigenvalue weighted by Crippen LogP contribution is 2.22. The number of hydrogen-bond donors (Lipinski definition) is 1. The van der Waals surface area contributed by atoms with Crippen LogP contribution in [0.2, 0.25) is 0 Å². The van der Waals surface area contributed by atoms with Gasteiger partial charge in [-0.25, -0.2) is 0 Å². The van der Waals surface area contributed by atoms with Crippen LogP contribution in [-0.2, 0) is 4.74 Å². The van der Waals surface area contributed by atoms with Gasteiger partial charge in [0, 0.05) is 18.8 Å². The van der Waals surface area contributed by atoms with Gasteiger partial charge in [-0.05, 0) is 44.4 Å². The Labute approximate surface area is 104 Å². The van der Waals surface area contributed by atoms with Crippen LogP contribution in [0.4, 0.5) is 0 Å². The van der Waals surface area contributed by atoms with Crippen molar-refractivity contribution in [2.75, 3.05) is 13.2 Å². The average Bonchev–Trinajstić information content (AvgIpc) is 2.88. The summed E-state index contributed by atoms with van der Waals surface area (Å²) >= 11 is 0. The van der Waals surface area contributed by atoms with Gasteiger partial charge < -0.3 is 10.1 Å². The Bertz CT molecular complexity index is 309. The van der Waals surface area contributed by atoms with Gasteiger partial charge in [0.25, 0.3) is 0 Å². The molecule has 1 saturated heterocycles. The quantitative estimate of drug-likeness (QED) is 0.821. The molecule has 2 unspecified atom stereocenters. The van der Waals surface area contributed by atoms with E-state index in [1.165, 1.54) is 12.8 Å². The van der Waals surface area contributed by atoms with E-state index in [9.17, 15) is 0 Å². The number of nitrogens with zero attached hydrogens (tertiary/aromatic N) is 1. The largest absolute Gasteiger partial charge is 0.378 e. The predicted octanol–water partition coefficient (Wildman–Crippen LogP) is 2.69. The van der Waals surface area contributed by atoms with E-state index >= 15 is 0 Å². The normalized spacial score (nSPS) is 21.6. The standard InChI is InChI=1S/C14H22N2O/c1-2-15-14(13-7-3-4-10-16-13)9-8-12-6-5-11-17-12/h3-4,7,10,12,14-15H,2,5-6,8-9,11H2,1H3. The Hall–Kier alpha value is -0.930. The third-order valence-electron chi connectivity index (χ3n) is 3.30. The lowest BCUT2D eigenvalue weighted by molar-refractivity contribution is 0.0995. The third kappa shape index (κ3) is 3.79. The Morgan fingerprint density at radius 3 is 3.12 bits per heavy atom. The second-order valence-corrected chi connectivity index (χ2v) is 4.58. The van der Waals surface area contributed by atoms with Crippen molar-refractivity contribution < 1.29 is 4.74 Å². The zero-order valence-corrected chi connectivity index (χ0v) is 10.6. The fourth-order valence-electron chi connectivity index (χ4n) is 2.41. The summed E-state index contributed by atoms with van der Waals surface area (Å²) in [6, 6.07) is 6.49. The van der Waals surface area contributed by atoms with Crippen molar-refractivity contribution in [3.63, 3.8) is 0 Å². The molecule has 2 rings (SSSR count). The second-order valence-electron chi connectivity index (χ2n) is 4.58. The molecule has 2 atom stereocenters. The molecule has 0 amide bonds. The molecule has 94 valence electrons. The van der Waals surface area contributed by atoms with E-state index in [0.29, 0.717) is 12.1 Å². The van der Waals surface area contributed by atoms with E-state index in [0.717, 1.165) is 31.7 Å². The number of pyridine rings is 1. The molecule has 0 spiro atoms. The van der Waals surface area contributed by atoms with Crippen LogP contribution < -0.4 is 5.32 Å². The van der Waals surface area contributed by atoms with Crippen LogP contribution in [0.3, 0.4) is 0 Å². The van der Waals surface area contributed by atoms with Gasteiger partial charge in [0.15, 0.2) is 0 Å². The number of nitrogens with one attached hydrogen (secondary N) is 1. The fraction of sp³-hybridized carbons (Fsp3) is 0.643. The smallest absolute Gasteiger partial charge is 0.0576 e. The Morgan fingerprint density at radius 2 is 2.47 bits per heavy atom. The lowest BCUT2D eigenvalue weighted by atomic mass is 10.0. The number of rotatable bonds is 6. The van der Waals surface area contributed by atoms with E-state index < -0.39 is 0 Å². The van der Waals surface area contributed by atoms with Gasteiger partial charge in [-0.3, -0.25) is 4.98 Å². The van der Waals surface area contributed by atoms with Gasteiger partial charge in [0.2, 0.25) is 0 Å². The lowest BCUT2D eigenvalue weighted by Gasteiger charge is -2.19. The van der Waals surface area contributed by atoms with Gasteiger partial charge in [-0.2, -0.15) is 0 Å². The highest BCUT2D eigenvalue weighted by molar-refractivity contribution is 5.08. The first-order valence-corrected chi connectivity index (χ1v) is 6.66. The van der Waals surface area contributed by atoms with Crippen molar-refractivity contribution in [2.24, 2.45) is 0 Å². The molecule has 1 aliphatic heterocycles. The molecule has 1 aromatic rings. The molecule has 0 saturated carbocycles. The molecule has 17 heavy (non-hydrogen) atoms. The van der Waals surface area contributed by atoms with Crippen LogP contribution in [0.5, 0.6) is 0 Å². The molecule has 1 aliphatic rings. The minimum Gasteiger partial charge on any atom is -0.378 e. The van der Waals surface area contributed by atoms with Gasteiger partial charge >= 0.3 is 0 Å². The average molecular weight is 234 g/mol. The van der Waals surface area contributed by atoms with Gasteiger partial charge in [0.05, 0.1) is 11.8 Å². The maximum atomic E-state index is 5.67. The summed E-state index contributed by atoms with van der Waals surface area (Å²) in [5, 5.41) is 3.50. The fourth-order valence-corrected chi connectivity index (χ4v) is 2.41. The molecule has 0 radical (unpaired) electrons. The topological polar surface area (TPSA) is 34.1 Å². The van der Waals surface area contributed by atoms with Gasteiger partial charge in [-0.1, -0.05) is 13.0 Å². The van der Waals surface area contributed by atoms with Crippen LogP contribution in [0.15, 0.2) is 24.4 Å². The molecule has 3 heteroatoms. The highest BCUT2D eigenvalue weighted by atomic mass is 16.5. The summed E-state index contributed by atoms with van der Waals surface area (Å²) in [4.78, 5) is 4.44. The first kappa shape index (κ1) is 12.5. The third-order valence-corrected chi connectivity index (χ3v) is 3.30.